The zero-order valence-corrected chi connectivity index (χ0v) is 31.9. The van der Waals surface area contributed by atoms with Crippen LogP contribution in [0.25, 0.3) is 0 Å². The predicted octanol–water partition coefficient (Wildman–Crippen LogP) is 14.3. The monoisotopic (exact) mass is 672 g/mol. The zero-order valence-electron chi connectivity index (χ0n) is 31.9. The van der Waals surface area contributed by atoms with Crippen molar-refractivity contribution in [3.8, 4) is 0 Å². The fourth-order valence-electron chi connectivity index (χ4n) is 6.83. The molecule has 1 aliphatic heterocycles. The Morgan fingerprint density at radius 3 is 1.20 bits per heavy atom. The van der Waals surface area contributed by atoms with Crippen molar-refractivity contribution in [2.75, 3.05) is 6.54 Å². The summed E-state index contributed by atoms with van der Waals surface area (Å²) < 4.78 is 0. The minimum atomic E-state index is -0.0975. The second kappa shape index (κ2) is 30.2. The SMILES string of the molecule is CCCCC/C=C\C/C=C\CCCCCCCCC(CCCCCCCC/C=C\C/C=C\CCCCC)CN1C(=O)c2ccccc2C1=O. The van der Waals surface area contributed by atoms with E-state index in [1.165, 1.54) is 141 Å². The molecule has 1 aromatic carbocycles. The van der Waals surface area contributed by atoms with Crippen molar-refractivity contribution in [3.05, 3.63) is 84.0 Å². The molecule has 274 valence electrons. The largest absolute Gasteiger partial charge is 0.274 e. The summed E-state index contributed by atoms with van der Waals surface area (Å²) in [7, 11) is 0. The lowest BCUT2D eigenvalue weighted by Gasteiger charge is -2.23. The Balaban J connectivity index is 1.61. The van der Waals surface area contributed by atoms with Gasteiger partial charge in [-0.25, -0.2) is 0 Å². The van der Waals surface area contributed by atoms with Crippen LogP contribution in [0.15, 0.2) is 72.9 Å². The van der Waals surface area contributed by atoms with Crippen molar-refractivity contribution in [1.29, 1.82) is 0 Å². The number of carbonyl (C=O) groups is 2. The van der Waals surface area contributed by atoms with E-state index >= 15 is 0 Å². The third-order valence-electron chi connectivity index (χ3n) is 9.94. The second-order valence-corrected chi connectivity index (χ2v) is 14.4. The molecule has 0 bridgehead atoms. The third-order valence-corrected chi connectivity index (χ3v) is 9.94. The lowest BCUT2D eigenvalue weighted by Crippen LogP contribution is -2.34. The highest BCUT2D eigenvalue weighted by Gasteiger charge is 2.36. The van der Waals surface area contributed by atoms with Crippen molar-refractivity contribution in [2.45, 2.75) is 181 Å². The van der Waals surface area contributed by atoms with Gasteiger partial charge in [-0.1, -0.05) is 164 Å². The molecule has 3 nitrogen and oxygen atoms in total. The van der Waals surface area contributed by atoms with Crippen molar-refractivity contribution in [3.63, 3.8) is 0 Å². The number of rotatable bonds is 32. The average Bonchev–Trinajstić information content (AvgIpc) is 3.35. The molecule has 0 unspecified atom stereocenters. The first-order valence-corrected chi connectivity index (χ1v) is 20.7. The van der Waals surface area contributed by atoms with Crippen LogP contribution in [0.1, 0.15) is 202 Å². The molecule has 3 heteroatoms. The predicted molar refractivity (Wildman–Crippen MR) is 213 cm³/mol. The van der Waals surface area contributed by atoms with Gasteiger partial charge in [0.1, 0.15) is 0 Å². The van der Waals surface area contributed by atoms with E-state index in [9.17, 15) is 9.59 Å². The van der Waals surface area contributed by atoms with Gasteiger partial charge in [0, 0.05) is 6.54 Å². The lowest BCUT2D eigenvalue weighted by atomic mass is 9.93. The van der Waals surface area contributed by atoms with Gasteiger partial charge in [-0.05, 0) is 95.1 Å². The number of benzene rings is 1. The number of unbranched alkanes of at least 4 members (excludes halogenated alkanes) is 18. The highest BCUT2D eigenvalue weighted by molar-refractivity contribution is 6.21. The standard InChI is InChI=1S/C46H73NO2/c1-3-5-7-9-11-13-15-17-19-21-23-25-27-29-31-33-37-42(41-47-45(48)43-39-35-36-40-44(43)46(47)49)38-34-32-30-28-26-24-22-20-18-16-14-12-10-8-6-4-2/h11-14,17-20,35-36,39-40,42H,3-10,15-16,21-34,37-38,41H2,1-2H3/b13-11-,14-12-,19-17-,20-18-. The summed E-state index contributed by atoms with van der Waals surface area (Å²) in [5.74, 6) is 0.207. The molecule has 0 fully saturated rings. The average molecular weight is 672 g/mol. The van der Waals surface area contributed by atoms with Gasteiger partial charge >= 0.3 is 0 Å². The minimum Gasteiger partial charge on any atom is -0.274 e. The fraction of sp³-hybridized carbons (Fsp3) is 0.652. The van der Waals surface area contributed by atoms with Crippen molar-refractivity contribution >= 4 is 11.8 Å². The molecule has 1 aromatic rings. The van der Waals surface area contributed by atoms with Crippen LogP contribution >= 0.6 is 0 Å². The lowest BCUT2D eigenvalue weighted by molar-refractivity contribution is 0.0621. The molecule has 0 spiro atoms. The fourth-order valence-corrected chi connectivity index (χ4v) is 6.83. The third kappa shape index (κ3) is 20.6. The summed E-state index contributed by atoms with van der Waals surface area (Å²) in [5, 5.41) is 0. The molecule has 1 heterocycles. The molecule has 0 saturated heterocycles. The Kier molecular flexibility index (Phi) is 26.2. The van der Waals surface area contributed by atoms with Crippen LogP contribution in [0, 0.1) is 5.92 Å². The number of amides is 2. The van der Waals surface area contributed by atoms with E-state index in [-0.39, 0.29) is 11.8 Å². The summed E-state index contributed by atoms with van der Waals surface area (Å²) in [6.45, 7) is 5.09. The van der Waals surface area contributed by atoms with E-state index in [4.69, 9.17) is 0 Å². The van der Waals surface area contributed by atoms with Crippen molar-refractivity contribution in [2.24, 2.45) is 5.92 Å². The Labute approximate surface area is 302 Å². The van der Waals surface area contributed by atoms with Crippen LogP contribution in [0.5, 0.6) is 0 Å². The number of fused-ring (bicyclic) bond motifs is 1. The molecule has 49 heavy (non-hydrogen) atoms. The molecular weight excluding hydrogens is 599 g/mol. The number of carbonyl (C=O) groups excluding carboxylic acids is 2. The number of nitrogens with zero attached hydrogens (tertiary/aromatic N) is 1. The number of allylic oxidation sites excluding steroid dienone is 8. The molecular formula is C46H73NO2. The first kappa shape index (κ1) is 42.5. The van der Waals surface area contributed by atoms with E-state index in [1.807, 2.05) is 12.1 Å². The molecule has 1 aliphatic rings. The van der Waals surface area contributed by atoms with Gasteiger partial charge in [0.2, 0.25) is 0 Å². The van der Waals surface area contributed by atoms with Crippen LogP contribution in [0.2, 0.25) is 0 Å². The minimum absolute atomic E-state index is 0.0975. The molecule has 0 saturated carbocycles. The van der Waals surface area contributed by atoms with E-state index < -0.39 is 0 Å². The Hall–Kier alpha value is -2.68. The summed E-state index contributed by atoms with van der Waals surface area (Å²) >= 11 is 0. The maximum Gasteiger partial charge on any atom is 0.261 e. The normalized spacial score (nSPS) is 13.6. The van der Waals surface area contributed by atoms with Crippen LogP contribution in [0.3, 0.4) is 0 Å². The quantitative estimate of drug-likeness (QED) is 0.0434. The van der Waals surface area contributed by atoms with Gasteiger partial charge in [-0.15, -0.1) is 0 Å². The molecule has 0 atom stereocenters. The van der Waals surface area contributed by atoms with Gasteiger partial charge in [0.25, 0.3) is 11.8 Å². The van der Waals surface area contributed by atoms with E-state index in [2.05, 4.69) is 62.5 Å². The molecule has 0 radical (unpaired) electrons. The van der Waals surface area contributed by atoms with Crippen LogP contribution in [-0.2, 0) is 0 Å². The Morgan fingerprint density at radius 2 is 0.816 bits per heavy atom. The van der Waals surface area contributed by atoms with Gasteiger partial charge in [-0.2, -0.15) is 0 Å². The second-order valence-electron chi connectivity index (χ2n) is 14.4. The maximum atomic E-state index is 13.1. The summed E-state index contributed by atoms with van der Waals surface area (Å²) in [4.78, 5) is 27.7. The number of imide groups is 1. The van der Waals surface area contributed by atoms with Crippen LogP contribution < -0.4 is 0 Å². The van der Waals surface area contributed by atoms with Crippen molar-refractivity contribution in [1.82, 2.24) is 4.90 Å². The Morgan fingerprint density at radius 1 is 0.469 bits per heavy atom. The smallest absolute Gasteiger partial charge is 0.261 e. The molecule has 0 aliphatic carbocycles. The molecule has 0 N–H and O–H groups in total. The van der Waals surface area contributed by atoms with E-state index in [0.717, 1.165) is 25.7 Å². The first-order valence-electron chi connectivity index (χ1n) is 20.7. The highest BCUT2D eigenvalue weighted by Crippen LogP contribution is 2.27. The number of hydrogen-bond acceptors (Lipinski definition) is 2. The van der Waals surface area contributed by atoms with Crippen LogP contribution in [-0.4, -0.2) is 23.3 Å². The summed E-state index contributed by atoms with van der Waals surface area (Å²) in [6.07, 6.45) is 51.0. The van der Waals surface area contributed by atoms with Gasteiger partial charge < -0.3 is 0 Å². The van der Waals surface area contributed by atoms with Gasteiger partial charge in [-0.3, -0.25) is 14.5 Å². The summed E-state index contributed by atoms with van der Waals surface area (Å²) in [5.41, 5.74) is 1.15. The first-order chi connectivity index (χ1) is 24.2. The van der Waals surface area contributed by atoms with Gasteiger partial charge in [0.15, 0.2) is 0 Å². The number of hydrogen-bond donors (Lipinski definition) is 0. The van der Waals surface area contributed by atoms with Crippen molar-refractivity contribution < 1.29 is 9.59 Å². The van der Waals surface area contributed by atoms with Crippen LogP contribution in [0.4, 0.5) is 0 Å². The molecule has 2 rings (SSSR count). The van der Waals surface area contributed by atoms with E-state index in [0.29, 0.717) is 23.6 Å². The topological polar surface area (TPSA) is 37.4 Å². The molecule has 0 aromatic heterocycles. The Bertz CT molecular complexity index is 1010. The zero-order chi connectivity index (χ0) is 35.0. The molecule has 2 amide bonds. The summed E-state index contributed by atoms with van der Waals surface area (Å²) in [6, 6.07) is 7.32. The van der Waals surface area contributed by atoms with Gasteiger partial charge in [0.05, 0.1) is 11.1 Å². The maximum absolute atomic E-state index is 13.1. The van der Waals surface area contributed by atoms with E-state index in [1.54, 1.807) is 17.0 Å². The highest BCUT2D eigenvalue weighted by atomic mass is 16.2.